The highest BCUT2D eigenvalue weighted by Gasteiger charge is 2.29. The minimum atomic E-state index is -0.333. The summed E-state index contributed by atoms with van der Waals surface area (Å²) in [6, 6.07) is 20.2. The molecule has 0 N–H and O–H groups in total. The van der Waals surface area contributed by atoms with Crippen molar-refractivity contribution in [1.29, 1.82) is 0 Å². The van der Waals surface area contributed by atoms with Crippen molar-refractivity contribution in [2.45, 2.75) is 25.4 Å². The summed E-state index contributed by atoms with van der Waals surface area (Å²) in [6.07, 6.45) is 3.88. The Hall–Kier alpha value is -2.88. The Balaban J connectivity index is 1.30. The first-order valence-electron chi connectivity index (χ1n) is 7.99. The molecule has 0 amide bonds. The summed E-state index contributed by atoms with van der Waals surface area (Å²) in [5.41, 5.74) is 2.33. The molecule has 2 unspecified atom stereocenters. The number of hydrogen-bond acceptors (Lipinski definition) is 4. The lowest BCUT2D eigenvalue weighted by Gasteiger charge is -2.13. The van der Waals surface area contributed by atoms with Gasteiger partial charge in [-0.2, -0.15) is 0 Å². The minimum absolute atomic E-state index is 0.333. The minimum Gasteiger partial charge on any atom is -0.458 e. The van der Waals surface area contributed by atoms with E-state index < -0.39 is 0 Å². The highest BCUT2D eigenvalue weighted by atomic mass is 16.7. The Kier molecular flexibility index (Phi) is 4.11. The quantitative estimate of drug-likeness (QED) is 0.836. The number of ether oxygens (including phenoxy) is 4. The number of hydrogen-bond donors (Lipinski definition) is 0. The molecule has 0 fully saturated rings. The Morgan fingerprint density at radius 3 is 1.42 bits per heavy atom. The maximum absolute atomic E-state index is 5.81. The van der Waals surface area contributed by atoms with E-state index in [1.165, 1.54) is 0 Å². The van der Waals surface area contributed by atoms with Crippen LogP contribution in [-0.4, -0.2) is 12.6 Å². The monoisotopic (exact) mass is 322 g/mol. The second kappa shape index (κ2) is 6.71. The first kappa shape index (κ1) is 14.7. The van der Waals surface area contributed by atoms with Gasteiger partial charge in [0.05, 0.1) is 0 Å². The molecule has 0 bridgehead atoms. The third-order valence-corrected chi connectivity index (χ3v) is 3.90. The largest absolute Gasteiger partial charge is 0.458 e. The summed E-state index contributed by atoms with van der Waals surface area (Å²) < 4.78 is 22.8. The molecule has 2 aliphatic rings. The van der Waals surface area contributed by atoms with Crippen LogP contribution in [0.15, 0.2) is 84.7 Å². The van der Waals surface area contributed by atoms with Gasteiger partial charge < -0.3 is 18.9 Å². The fraction of sp³-hybridized carbons (Fsp3) is 0.200. The first-order valence-corrected chi connectivity index (χ1v) is 7.99. The van der Waals surface area contributed by atoms with Crippen LogP contribution in [0.1, 0.15) is 11.1 Å². The zero-order chi connectivity index (χ0) is 16.2. The summed E-state index contributed by atoms with van der Waals surface area (Å²) in [6.45, 7) is 0. The molecule has 122 valence electrons. The second-order valence-corrected chi connectivity index (χ2v) is 5.71. The smallest absolute Gasteiger partial charge is 0.244 e. The van der Waals surface area contributed by atoms with Crippen molar-refractivity contribution in [1.82, 2.24) is 0 Å². The molecule has 2 atom stereocenters. The predicted octanol–water partition coefficient (Wildman–Crippen LogP) is 3.90. The summed E-state index contributed by atoms with van der Waals surface area (Å²) in [4.78, 5) is 0. The van der Waals surface area contributed by atoms with Gasteiger partial charge >= 0.3 is 0 Å². The summed E-state index contributed by atoms with van der Waals surface area (Å²) >= 11 is 0. The van der Waals surface area contributed by atoms with Gasteiger partial charge in [0.15, 0.2) is 0 Å². The molecule has 2 aromatic rings. The van der Waals surface area contributed by atoms with Gasteiger partial charge in [0, 0.05) is 12.8 Å². The van der Waals surface area contributed by atoms with E-state index in [4.69, 9.17) is 18.9 Å². The van der Waals surface area contributed by atoms with E-state index in [-0.39, 0.29) is 12.6 Å². The molecule has 2 heterocycles. The zero-order valence-electron chi connectivity index (χ0n) is 13.1. The van der Waals surface area contributed by atoms with Gasteiger partial charge in [0.25, 0.3) is 0 Å². The maximum Gasteiger partial charge on any atom is 0.244 e. The Labute approximate surface area is 140 Å². The normalized spacial score (nSPS) is 21.8. The molecule has 4 heteroatoms. The van der Waals surface area contributed by atoms with Crippen molar-refractivity contribution in [2.75, 3.05) is 0 Å². The van der Waals surface area contributed by atoms with E-state index in [0.717, 1.165) is 11.1 Å². The topological polar surface area (TPSA) is 36.9 Å². The zero-order valence-corrected chi connectivity index (χ0v) is 13.1. The fourth-order valence-corrected chi connectivity index (χ4v) is 2.69. The number of benzene rings is 2. The lowest BCUT2D eigenvalue weighted by atomic mass is 10.1. The van der Waals surface area contributed by atoms with Gasteiger partial charge in [-0.25, -0.2) is 0 Å². The van der Waals surface area contributed by atoms with Gasteiger partial charge in [-0.15, -0.1) is 0 Å². The standard InChI is InChI=1S/C20H18O4/c1-3-7-15(8-4-1)11-19-21-13-17(23-19)18-14-22-20(24-18)12-16-9-5-2-6-10-16/h1-10,13-14,19-20H,11-12H2. The molecule has 0 radical (unpaired) electrons. The van der Waals surface area contributed by atoms with Crippen LogP contribution in [0.3, 0.4) is 0 Å². The fourth-order valence-electron chi connectivity index (χ4n) is 2.69. The van der Waals surface area contributed by atoms with Crippen molar-refractivity contribution in [3.05, 3.63) is 95.8 Å². The maximum atomic E-state index is 5.81. The average Bonchev–Trinajstić information content (AvgIpc) is 3.26. The molecule has 4 rings (SSSR count). The second-order valence-electron chi connectivity index (χ2n) is 5.71. The van der Waals surface area contributed by atoms with Crippen LogP contribution in [0.5, 0.6) is 0 Å². The van der Waals surface area contributed by atoms with Gasteiger partial charge in [-0.05, 0) is 11.1 Å². The van der Waals surface area contributed by atoms with Crippen molar-refractivity contribution in [3.63, 3.8) is 0 Å². The van der Waals surface area contributed by atoms with E-state index in [1.54, 1.807) is 12.5 Å². The van der Waals surface area contributed by atoms with Crippen LogP contribution in [0.2, 0.25) is 0 Å². The van der Waals surface area contributed by atoms with Gasteiger partial charge in [0.2, 0.25) is 24.1 Å². The summed E-state index contributed by atoms with van der Waals surface area (Å²) in [7, 11) is 0. The predicted molar refractivity (Wildman–Crippen MR) is 88.4 cm³/mol. The average molecular weight is 322 g/mol. The Bertz CT molecular complexity index is 671. The molecule has 2 aromatic carbocycles. The van der Waals surface area contributed by atoms with Crippen molar-refractivity contribution in [2.24, 2.45) is 0 Å². The SMILES string of the molecule is C1=C(C2=COC(Cc3ccccc3)O2)OC(Cc2ccccc2)O1. The molecule has 4 nitrogen and oxygen atoms in total. The van der Waals surface area contributed by atoms with Gasteiger partial charge in [-0.1, -0.05) is 60.7 Å². The van der Waals surface area contributed by atoms with E-state index in [0.29, 0.717) is 24.4 Å². The van der Waals surface area contributed by atoms with Gasteiger partial charge in [0.1, 0.15) is 12.5 Å². The van der Waals surface area contributed by atoms with Crippen molar-refractivity contribution >= 4 is 0 Å². The van der Waals surface area contributed by atoms with Crippen LogP contribution in [-0.2, 0) is 31.8 Å². The Morgan fingerprint density at radius 1 is 0.583 bits per heavy atom. The van der Waals surface area contributed by atoms with E-state index >= 15 is 0 Å². The highest BCUT2D eigenvalue weighted by molar-refractivity contribution is 5.23. The van der Waals surface area contributed by atoms with Crippen LogP contribution < -0.4 is 0 Å². The van der Waals surface area contributed by atoms with Crippen LogP contribution >= 0.6 is 0 Å². The molecule has 0 spiro atoms. The lowest BCUT2D eigenvalue weighted by molar-refractivity contribution is -0.0499. The van der Waals surface area contributed by atoms with E-state index in [2.05, 4.69) is 24.3 Å². The first-order chi connectivity index (χ1) is 11.9. The third kappa shape index (κ3) is 3.38. The van der Waals surface area contributed by atoms with Crippen LogP contribution in [0.25, 0.3) is 0 Å². The molecule has 24 heavy (non-hydrogen) atoms. The molecule has 0 aliphatic carbocycles. The molecular weight excluding hydrogens is 304 g/mol. The molecule has 0 saturated carbocycles. The molecule has 2 aliphatic heterocycles. The van der Waals surface area contributed by atoms with Crippen molar-refractivity contribution in [3.8, 4) is 0 Å². The molecule has 0 saturated heterocycles. The van der Waals surface area contributed by atoms with E-state index in [9.17, 15) is 0 Å². The van der Waals surface area contributed by atoms with Crippen molar-refractivity contribution < 1.29 is 18.9 Å². The van der Waals surface area contributed by atoms with Crippen LogP contribution in [0, 0.1) is 0 Å². The summed E-state index contributed by atoms with van der Waals surface area (Å²) in [5.74, 6) is 1.15. The molecule has 0 aromatic heterocycles. The van der Waals surface area contributed by atoms with Gasteiger partial charge in [-0.3, -0.25) is 0 Å². The summed E-state index contributed by atoms with van der Waals surface area (Å²) in [5, 5.41) is 0. The molecular formula is C20H18O4. The number of rotatable bonds is 5. The highest BCUT2D eigenvalue weighted by Crippen LogP contribution is 2.29. The third-order valence-electron chi connectivity index (χ3n) is 3.90. The van der Waals surface area contributed by atoms with Crippen LogP contribution in [0.4, 0.5) is 0 Å². The Morgan fingerprint density at radius 2 is 1.00 bits per heavy atom. The van der Waals surface area contributed by atoms with E-state index in [1.807, 2.05) is 36.4 Å². The lowest BCUT2D eigenvalue weighted by Crippen LogP contribution is -2.14.